The van der Waals surface area contributed by atoms with Crippen LogP contribution in [0, 0.1) is 13.8 Å². The van der Waals surface area contributed by atoms with Gasteiger partial charge in [0.15, 0.2) is 0 Å². The molecule has 3 heterocycles. The first-order valence-electron chi connectivity index (χ1n) is 7.57. The summed E-state index contributed by atoms with van der Waals surface area (Å²) < 4.78 is 2.06. The zero-order valence-corrected chi connectivity index (χ0v) is 13.6. The predicted molar refractivity (Wildman–Crippen MR) is 91.5 cm³/mol. The van der Waals surface area contributed by atoms with Gasteiger partial charge in [0.1, 0.15) is 5.70 Å². The van der Waals surface area contributed by atoms with Gasteiger partial charge in [-0.2, -0.15) is 0 Å². The highest BCUT2D eigenvalue weighted by molar-refractivity contribution is 6.14. The molecule has 1 saturated heterocycles. The minimum Gasteiger partial charge on any atom is -0.316 e. The summed E-state index contributed by atoms with van der Waals surface area (Å²) in [6.45, 7) is 7.71. The van der Waals surface area contributed by atoms with Crippen molar-refractivity contribution >= 4 is 18.0 Å². The van der Waals surface area contributed by atoms with E-state index >= 15 is 0 Å². The number of amides is 3. The first-order valence-corrected chi connectivity index (χ1v) is 7.57. The van der Waals surface area contributed by atoms with Crippen molar-refractivity contribution in [3.8, 4) is 5.69 Å². The molecule has 6 nitrogen and oxygen atoms in total. The molecule has 1 N–H and O–H groups in total. The summed E-state index contributed by atoms with van der Waals surface area (Å²) in [5.41, 5.74) is 4.09. The summed E-state index contributed by atoms with van der Waals surface area (Å²) in [4.78, 5) is 29.4. The smallest absolute Gasteiger partial charge is 0.316 e. The van der Waals surface area contributed by atoms with Gasteiger partial charge >= 0.3 is 6.03 Å². The summed E-state index contributed by atoms with van der Waals surface area (Å²) in [7, 11) is 0. The first-order chi connectivity index (χ1) is 11.5. The summed E-state index contributed by atoms with van der Waals surface area (Å²) in [6.07, 6.45) is 6.74. The molecule has 0 radical (unpaired) electrons. The number of rotatable bonds is 4. The Morgan fingerprint density at radius 2 is 2.12 bits per heavy atom. The molecule has 1 fully saturated rings. The lowest BCUT2D eigenvalue weighted by Crippen LogP contribution is -2.30. The number of carbonyl (C=O) groups excluding carboxylic acids is 2. The molecule has 6 heteroatoms. The third-order valence-electron chi connectivity index (χ3n) is 3.95. The van der Waals surface area contributed by atoms with E-state index in [0.717, 1.165) is 27.5 Å². The van der Waals surface area contributed by atoms with E-state index in [1.54, 1.807) is 18.5 Å². The van der Waals surface area contributed by atoms with E-state index in [1.807, 2.05) is 32.0 Å². The topological polar surface area (TPSA) is 67.2 Å². The number of hydrogen-bond acceptors (Lipinski definition) is 3. The van der Waals surface area contributed by atoms with Gasteiger partial charge in [-0.3, -0.25) is 14.7 Å². The van der Waals surface area contributed by atoms with Crippen molar-refractivity contribution in [3.05, 3.63) is 65.9 Å². The molecule has 0 spiro atoms. The molecule has 1 aliphatic heterocycles. The van der Waals surface area contributed by atoms with Crippen LogP contribution in [0.15, 0.2) is 48.9 Å². The average Bonchev–Trinajstić information content (AvgIpc) is 2.99. The van der Waals surface area contributed by atoms with Crippen LogP contribution in [0.2, 0.25) is 0 Å². The van der Waals surface area contributed by atoms with Crippen molar-refractivity contribution in [1.82, 2.24) is 19.8 Å². The van der Waals surface area contributed by atoms with Crippen molar-refractivity contribution in [1.29, 1.82) is 0 Å². The Morgan fingerprint density at radius 1 is 1.33 bits per heavy atom. The van der Waals surface area contributed by atoms with Gasteiger partial charge in [-0.25, -0.2) is 4.79 Å². The van der Waals surface area contributed by atoms with E-state index in [4.69, 9.17) is 0 Å². The van der Waals surface area contributed by atoms with Crippen LogP contribution in [0.4, 0.5) is 4.79 Å². The molecule has 3 rings (SSSR count). The quantitative estimate of drug-likeness (QED) is 0.534. The van der Waals surface area contributed by atoms with Crippen molar-refractivity contribution in [2.45, 2.75) is 13.8 Å². The average molecular weight is 322 g/mol. The normalized spacial score (nSPS) is 15.9. The molecular weight excluding hydrogens is 304 g/mol. The van der Waals surface area contributed by atoms with Crippen molar-refractivity contribution in [2.75, 3.05) is 6.54 Å². The number of nitrogens with zero attached hydrogens (tertiary/aromatic N) is 3. The summed E-state index contributed by atoms with van der Waals surface area (Å²) in [5.74, 6) is -0.342. The van der Waals surface area contributed by atoms with Gasteiger partial charge in [0, 0.05) is 24.1 Å². The van der Waals surface area contributed by atoms with Gasteiger partial charge < -0.3 is 9.88 Å². The standard InChI is InChI=1S/C18H18N4O2/c1-4-8-21-17(23)16(20-18(21)24)10-14-9-12(2)22(13(14)3)15-6-5-7-19-11-15/h4-7,9-11H,1,8H2,2-3H3,(H,20,24)/b16-10+. The van der Waals surface area contributed by atoms with E-state index in [-0.39, 0.29) is 18.1 Å². The lowest BCUT2D eigenvalue weighted by Gasteiger charge is -2.08. The Bertz CT molecular complexity index is 849. The number of nitrogens with one attached hydrogen (secondary N) is 1. The Kier molecular flexibility index (Phi) is 4.04. The Balaban J connectivity index is 1.99. The number of aromatic nitrogens is 2. The van der Waals surface area contributed by atoms with E-state index < -0.39 is 6.03 Å². The molecule has 0 bridgehead atoms. The minimum atomic E-state index is -0.424. The van der Waals surface area contributed by atoms with Crippen LogP contribution in [0.5, 0.6) is 0 Å². The summed E-state index contributed by atoms with van der Waals surface area (Å²) >= 11 is 0. The van der Waals surface area contributed by atoms with Gasteiger partial charge in [-0.1, -0.05) is 6.08 Å². The number of imide groups is 1. The molecule has 1 aliphatic rings. The second-order valence-electron chi connectivity index (χ2n) is 5.57. The third kappa shape index (κ3) is 2.62. The lowest BCUT2D eigenvalue weighted by atomic mass is 10.2. The Labute approximate surface area is 140 Å². The number of carbonyl (C=O) groups is 2. The Hall–Kier alpha value is -3.15. The molecule has 0 aromatic carbocycles. The fourth-order valence-corrected chi connectivity index (χ4v) is 2.84. The molecule has 24 heavy (non-hydrogen) atoms. The number of aryl methyl sites for hydroxylation is 1. The maximum atomic E-state index is 12.3. The van der Waals surface area contributed by atoms with Gasteiger partial charge in [0.05, 0.1) is 11.9 Å². The first kappa shape index (κ1) is 15.7. The fourth-order valence-electron chi connectivity index (χ4n) is 2.84. The van der Waals surface area contributed by atoms with Gasteiger partial charge in [-0.15, -0.1) is 6.58 Å². The second kappa shape index (κ2) is 6.16. The molecule has 0 unspecified atom stereocenters. The van der Waals surface area contributed by atoms with Crippen LogP contribution in [-0.4, -0.2) is 32.9 Å². The van der Waals surface area contributed by atoms with E-state index in [0.29, 0.717) is 0 Å². The zero-order chi connectivity index (χ0) is 17.3. The van der Waals surface area contributed by atoms with E-state index in [1.165, 1.54) is 6.08 Å². The van der Waals surface area contributed by atoms with Crippen LogP contribution < -0.4 is 5.32 Å². The molecule has 3 amide bonds. The SMILES string of the molecule is C=CCN1C(=O)N/C(=C/c2cc(C)n(-c3cccnc3)c2C)C1=O. The predicted octanol–water partition coefficient (Wildman–Crippen LogP) is 2.57. The molecule has 122 valence electrons. The molecule has 0 saturated carbocycles. The van der Waals surface area contributed by atoms with Gasteiger partial charge in [0.25, 0.3) is 5.91 Å². The van der Waals surface area contributed by atoms with Crippen LogP contribution in [-0.2, 0) is 4.79 Å². The summed E-state index contributed by atoms with van der Waals surface area (Å²) in [6, 6.07) is 5.40. The maximum absolute atomic E-state index is 12.3. The summed E-state index contributed by atoms with van der Waals surface area (Å²) in [5, 5.41) is 2.61. The largest absolute Gasteiger partial charge is 0.329 e. The van der Waals surface area contributed by atoms with Crippen molar-refractivity contribution in [2.24, 2.45) is 0 Å². The van der Waals surface area contributed by atoms with Gasteiger partial charge in [-0.05, 0) is 43.7 Å². The monoisotopic (exact) mass is 322 g/mol. The molecule has 0 aliphatic carbocycles. The van der Waals surface area contributed by atoms with Crippen LogP contribution in [0.1, 0.15) is 17.0 Å². The van der Waals surface area contributed by atoms with Crippen LogP contribution >= 0.6 is 0 Å². The second-order valence-corrected chi connectivity index (χ2v) is 5.57. The Morgan fingerprint density at radius 3 is 2.79 bits per heavy atom. The molecule has 2 aromatic heterocycles. The minimum absolute atomic E-state index is 0.191. The molecule has 0 atom stereocenters. The maximum Gasteiger partial charge on any atom is 0.329 e. The van der Waals surface area contributed by atoms with Gasteiger partial charge in [0.2, 0.25) is 0 Å². The van der Waals surface area contributed by atoms with Crippen molar-refractivity contribution < 1.29 is 9.59 Å². The van der Waals surface area contributed by atoms with Crippen LogP contribution in [0.3, 0.4) is 0 Å². The van der Waals surface area contributed by atoms with Crippen molar-refractivity contribution in [3.63, 3.8) is 0 Å². The van der Waals surface area contributed by atoms with E-state index in [9.17, 15) is 9.59 Å². The zero-order valence-electron chi connectivity index (χ0n) is 13.6. The lowest BCUT2D eigenvalue weighted by molar-refractivity contribution is -0.122. The van der Waals surface area contributed by atoms with Crippen LogP contribution in [0.25, 0.3) is 11.8 Å². The molecule has 2 aromatic rings. The fraction of sp³-hybridized carbons (Fsp3) is 0.167. The highest BCUT2D eigenvalue weighted by atomic mass is 16.2. The number of pyridine rings is 1. The number of urea groups is 1. The third-order valence-corrected chi connectivity index (χ3v) is 3.95. The molecular formula is C18H18N4O2. The highest BCUT2D eigenvalue weighted by Gasteiger charge is 2.32. The number of hydrogen-bond donors (Lipinski definition) is 1. The highest BCUT2D eigenvalue weighted by Crippen LogP contribution is 2.23. The van der Waals surface area contributed by atoms with E-state index in [2.05, 4.69) is 21.4 Å².